The van der Waals surface area contributed by atoms with Gasteiger partial charge < -0.3 is 18.9 Å². The zero-order valence-electron chi connectivity index (χ0n) is 22.5. The standard InChI is InChI=1S/C29H34O4S5/c1-6-30-18-10-14-34-24(18)22-23(25-19(31-7-2)11-15-35-25)29(5,28-21(33-9-4)13-17-37-28)38-27(22)26-20(32-8-3)12-16-36-26/h10-11,13-15,17,23H,6-9,12,16H2,1-5H3. The number of rotatable bonds is 12. The molecule has 2 unspecified atom stereocenters. The lowest BCUT2D eigenvalue weighted by Crippen LogP contribution is -2.24. The van der Waals surface area contributed by atoms with Gasteiger partial charge >= 0.3 is 0 Å². The fourth-order valence-electron chi connectivity index (χ4n) is 5.12. The van der Waals surface area contributed by atoms with Crippen LogP contribution in [0.2, 0.25) is 0 Å². The Hall–Kier alpha value is -1.52. The molecule has 0 spiro atoms. The summed E-state index contributed by atoms with van der Waals surface area (Å²) in [6.45, 7) is 13.2. The van der Waals surface area contributed by atoms with Crippen molar-refractivity contribution in [3.63, 3.8) is 0 Å². The van der Waals surface area contributed by atoms with E-state index in [9.17, 15) is 0 Å². The van der Waals surface area contributed by atoms with E-state index in [1.165, 1.54) is 30.0 Å². The molecule has 0 N–H and O–H groups in total. The minimum absolute atomic E-state index is 0.0522. The van der Waals surface area contributed by atoms with Crippen LogP contribution < -0.4 is 14.2 Å². The molecule has 0 aromatic carbocycles. The SMILES string of the molecule is CCOC1=C(C2=C(c3sccc3OCC)C(c3sccc3OCC)C(C)(c3sccc3OCC)S2)SCC1. The van der Waals surface area contributed by atoms with E-state index in [1.807, 2.05) is 23.5 Å². The third-order valence-electron chi connectivity index (χ3n) is 6.52. The first-order valence-corrected chi connectivity index (χ1v) is 17.5. The van der Waals surface area contributed by atoms with E-state index in [1.54, 1.807) is 34.0 Å². The van der Waals surface area contributed by atoms with E-state index in [2.05, 4.69) is 69.0 Å². The third-order valence-corrected chi connectivity index (χ3v) is 12.4. The van der Waals surface area contributed by atoms with E-state index < -0.39 is 0 Å². The maximum atomic E-state index is 6.22. The molecule has 5 rings (SSSR count). The van der Waals surface area contributed by atoms with Crippen molar-refractivity contribution >= 4 is 63.1 Å². The van der Waals surface area contributed by atoms with Gasteiger partial charge in [-0.1, -0.05) is 0 Å². The Bertz CT molecular complexity index is 1320. The fraction of sp³-hybridized carbons (Fsp3) is 0.448. The molecule has 0 saturated heterocycles. The molecule has 3 aromatic heterocycles. The lowest BCUT2D eigenvalue weighted by molar-refractivity contribution is 0.222. The predicted octanol–water partition coefficient (Wildman–Crippen LogP) is 9.61. The van der Waals surface area contributed by atoms with Crippen LogP contribution in [0.25, 0.3) is 5.57 Å². The van der Waals surface area contributed by atoms with Gasteiger partial charge in [0, 0.05) is 23.0 Å². The van der Waals surface area contributed by atoms with Crippen molar-refractivity contribution in [2.24, 2.45) is 0 Å². The molecule has 5 heterocycles. The van der Waals surface area contributed by atoms with Crippen LogP contribution in [-0.4, -0.2) is 32.2 Å². The van der Waals surface area contributed by atoms with Gasteiger partial charge in [0.2, 0.25) is 0 Å². The molecular weight excluding hydrogens is 573 g/mol. The van der Waals surface area contributed by atoms with Crippen LogP contribution in [0, 0.1) is 0 Å². The molecular formula is C29H34O4S5. The van der Waals surface area contributed by atoms with Gasteiger partial charge in [-0.15, -0.1) is 57.5 Å². The highest BCUT2D eigenvalue weighted by Crippen LogP contribution is 2.70. The molecule has 0 aliphatic carbocycles. The number of hydrogen-bond donors (Lipinski definition) is 0. The summed E-state index contributed by atoms with van der Waals surface area (Å²) in [5.41, 5.74) is 1.32. The Morgan fingerprint density at radius 3 is 2.16 bits per heavy atom. The molecule has 2 aliphatic rings. The van der Waals surface area contributed by atoms with Crippen molar-refractivity contribution in [3.05, 3.63) is 64.5 Å². The van der Waals surface area contributed by atoms with Crippen LogP contribution in [0.3, 0.4) is 0 Å². The van der Waals surface area contributed by atoms with Crippen molar-refractivity contribution in [1.29, 1.82) is 0 Å². The first-order chi connectivity index (χ1) is 18.6. The largest absolute Gasteiger partial charge is 0.497 e. The van der Waals surface area contributed by atoms with Gasteiger partial charge in [0.05, 0.1) is 50.7 Å². The summed E-state index contributed by atoms with van der Waals surface area (Å²) < 4.78 is 24.5. The summed E-state index contributed by atoms with van der Waals surface area (Å²) in [6, 6.07) is 6.35. The third kappa shape index (κ3) is 5.05. The summed E-state index contributed by atoms with van der Waals surface area (Å²) in [7, 11) is 0. The van der Waals surface area contributed by atoms with Crippen LogP contribution in [0.4, 0.5) is 0 Å². The molecule has 9 heteroatoms. The molecule has 0 radical (unpaired) electrons. The lowest BCUT2D eigenvalue weighted by atomic mass is 9.82. The summed E-state index contributed by atoms with van der Waals surface area (Å²) in [5.74, 6) is 5.10. The van der Waals surface area contributed by atoms with Crippen molar-refractivity contribution in [2.45, 2.75) is 51.7 Å². The molecule has 2 atom stereocenters. The second kappa shape index (κ2) is 12.3. The van der Waals surface area contributed by atoms with E-state index in [0.29, 0.717) is 26.4 Å². The Morgan fingerprint density at radius 1 is 0.763 bits per heavy atom. The summed E-state index contributed by atoms with van der Waals surface area (Å²) in [5, 5.41) is 6.47. The highest BCUT2D eigenvalue weighted by molar-refractivity contribution is 8.09. The van der Waals surface area contributed by atoms with Gasteiger partial charge in [-0.05, 0) is 74.5 Å². The molecule has 38 heavy (non-hydrogen) atoms. The first-order valence-electron chi connectivity index (χ1n) is 13.1. The van der Waals surface area contributed by atoms with Gasteiger partial charge in [-0.2, -0.15) is 0 Å². The smallest absolute Gasteiger partial charge is 0.137 e. The van der Waals surface area contributed by atoms with E-state index in [4.69, 9.17) is 18.9 Å². The summed E-state index contributed by atoms with van der Waals surface area (Å²) in [6.07, 6.45) is 0.960. The molecule has 0 amide bonds. The van der Waals surface area contributed by atoms with Crippen molar-refractivity contribution in [2.75, 3.05) is 32.2 Å². The van der Waals surface area contributed by atoms with Crippen LogP contribution in [0.5, 0.6) is 17.2 Å². The zero-order chi connectivity index (χ0) is 26.7. The van der Waals surface area contributed by atoms with Crippen molar-refractivity contribution < 1.29 is 18.9 Å². The molecule has 0 fully saturated rings. The summed E-state index contributed by atoms with van der Waals surface area (Å²) >= 11 is 9.21. The first kappa shape index (κ1) is 28.0. The van der Waals surface area contributed by atoms with Gasteiger partial charge in [0.15, 0.2) is 0 Å². The lowest BCUT2D eigenvalue weighted by Gasteiger charge is -2.32. The van der Waals surface area contributed by atoms with Gasteiger partial charge in [0.1, 0.15) is 23.0 Å². The highest BCUT2D eigenvalue weighted by atomic mass is 32.2. The minimum Gasteiger partial charge on any atom is -0.497 e. The second-order valence-corrected chi connectivity index (χ2v) is 14.2. The molecule has 2 aliphatic heterocycles. The van der Waals surface area contributed by atoms with Crippen LogP contribution in [0.1, 0.15) is 61.6 Å². The molecule has 0 saturated carbocycles. The number of allylic oxidation sites excluding steroid dienone is 2. The van der Waals surface area contributed by atoms with E-state index >= 15 is 0 Å². The Labute approximate surface area is 246 Å². The van der Waals surface area contributed by atoms with Crippen LogP contribution in [-0.2, 0) is 9.48 Å². The average Bonchev–Trinajstić information content (AvgIpc) is 3.71. The van der Waals surface area contributed by atoms with Gasteiger partial charge in [-0.25, -0.2) is 0 Å². The average molecular weight is 607 g/mol. The topological polar surface area (TPSA) is 36.9 Å². The second-order valence-electron chi connectivity index (χ2n) is 8.84. The quantitative estimate of drug-likeness (QED) is 0.204. The normalized spacial score (nSPS) is 21.4. The predicted molar refractivity (Wildman–Crippen MR) is 167 cm³/mol. The monoisotopic (exact) mass is 606 g/mol. The molecule has 0 bridgehead atoms. The molecule has 204 valence electrons. The Balaban J connectivity index is 1.80. The van der Waals surface area contributed by atoms with E-state index in [0.717, 1.165) is 35.2 Å². The Morgan fingerprint density at radius 2 is 1.39 bits per heavy atom. The number of thioether (sulfide) groups is 2. The number of hydrogen-bond acceptors (Lipinski definition) is 9. The zero-order valence-corrected chi connectivity index (χ0v) is 26.5. The maximum Gasteiger partial charge on any atom is 0.137 e. The minimum atomic E-state index is -0.305. The van der Waals surface area contributed by atoms with Gasteiger partial charge in [-0.3, -0.25) is 0 Å². The van der Waals surface area contributed by atoms with Crippen LogP contribution >= 0.6 is 57.5 Å². The number of thiophene rings is 3. The molecule has 4 nitrogen and oxygen atoms in total. The van der Waals surface area contributed by atoms with E-state index in [-0.39, 0.29) is 10.7 Å². The summed E-state index contributed by atoms with van der Waals surface area (Å²) in [4.78, 5) is 6.29. The fourth-order valence-corrected chi connectivity index (χ4v) is 11.3. The van der Waals surface area contributed by atoms with Gasteiger partial charge in [0.25, 0.3) is 0 Å². The Kier molecular flexibility index (Phi) is 9.10. The highest BCUT2D eigenvalue weighted by Gasteiger charge is 2.53. The van der Waals surface area contributed by atoms with Crippen LogP contribution in [0.15, 0.2) is 49.9 Å². The molecule has 3 aromatic rings. The van der Waals surface area contributed by atoms with Crippen molar-refractivity contribution in [1.82, 2.24) is 0 Å². The van der Waals surface area contributed by atoms with Crippen molar-refractivity contribution in [3.8, 4) is 17.2 Å². The maximum absolute atomic E-state index is 6.22. The number of ether oxygens (including phenoxy) is 4.